The van der Waals surface area contributed by atoms with Gasteiger partial charge in [0.05, 0.1) is 25.1 Å². The van der Waals surface area contributed by atoms with E-state index in [-0.39, 0.29) is 6.10 Å². The number of hydrogen-bond acceptors (Lipinski definition) is 6. The lowest BCUT2D eigenvalue weighted by molar-refractivity contribution is -0.0746. The van der Waals surface area contributed by atoms with Crippen molar-refractivity contribution in [1.29, 1.82) is 0 Å². The summed E-state index contributed by atoms with van der Waals surface area (Å²) in [6, 6.07) is 4.52. The highest BCUT2D eigenvalue weighted by Gasteiger charge is 2.35. The molecule has 0 aliphatic carbocycles. The van der Waals surface area contributed by atoms with Gasteiger partial charge in [-0.1, -0.05) is 0 Å². The summed E-state index contributed by atoms with van der Waals surface area (Å²) in [6.07, 6.45) is 8.27. The van der Waals surface area contributed by atoms with Gasteiger partial charge in [-0.2, -0.15) is 0 Å². The van der Waals surface area contributed by atoms with Crippen molar-refractivity contribution in [3.63, 3.8) is 0 Å². The van der Waals surface area contributed by atoms with Gasteiger partial charge in [0, 0.05) is 44.6 Å². The zero-order valence-corrected chi connectivity index (χ0v) is 14.1. The molecule has 2 fully saturated rings. The number of hydrogen-bond donors (Lipinski definition) is 0. The molecule has 0 spiro atoms. The van der Waals surface area contributed by atoms with Crippen molar-refractivity contribution >= 4 is 5.95 Å². The van der Waals surface area contributed by atoms with E-state index in [9.17, 15) is 4.39 Å². The molecule has 2 saturated heterocycles. The van der Waals surface area contributed by atoms with E-state index in [0.29, 0.717) is 12.0 Å². The minimum absolute atomic E-state index is 0.223. The van der Waals surface area contributed by atoms with E-state index < -0.39 is 5.82 Å². The summed E-state index contributed by atoms with van der Waals surface area (Å²) in [4.78, 5) is 17.0. The van der Waals surface area contributed by atoms with E-state index in [2.05, 4.69) is 36.9 Å². The highest BCUT2D eigenvalue weighted by molar-refractivity contribution is 5.29. The van der Waals surface area contributed by atoms with Crippen molar-refractivity contribution in [3.8, 4) is 0 Å². The first-order valence-corrected chi connectivity index (χ1v) is 8.76. The summed E-state index contributed by atoms with van der Waals surface area (Å²) in [6.45, 7) is 4.30. The Balaban J connectivity index is 1.46. The van der Waals surface area contributed by atoms with Crippen LogP contribution in [-0.2, 0) is 11.3 Å². The van der Waals surface area contributed by atoms with Gasteiger partial charge in [0.1, 0.15) is 0 Å². The molecule has 0 radical (unpaired) electrons. The molecule has 0 amide bonds. The molecule has 0 unspecified atom stereocenters. The molecule has 2 aromatic heterocycles. The van der Waals surface area contributed by atoms with Crippen molar-refractivity contribution in [1.82, 2.24) is 19.9 Å². The molecule has 4 rings (SSSR count). The minimum Gasteiger partial charge on any atom is -0.375 e. The van der Waals surface area contributed by atoms with Crippen LogP contribution in [0.3, 0.4) is 0 Å². The molecule has 6 nitrogen and oxygen atoms in total. The molecule has 2 aliphatic rings. The van der Waals surface area contributed by atoms with Crippen LogP contribution < -0.4 is 4.90 Å². The van der Waals surface area contributed by atoms with E-state index in [0.717, 1.165) is 45.6 Å². The number of fused-ring (bicyclic) bond motifs is 1. The summed E-state index contributed by atoms with van der Waals surface area (Å²) in [7, 11) is 0. The number of nitrogens with zero attached hydrogens (tertiary/aromatic N) is 5. The Morgan fingerprint density at radius 1 is 1.08 bits per heavy atom. The predicted molar refractivity (Wildman–Crippen MR) is 91.6 cm³/mol. The molecular formula is C18H22FN5O. The van der Waals surface area contributed by atoms with Crippen LogP contribution in [-0.4, -0.2) is 58.2 Å². The van der Waals surface area contributed by atoms with E-state index in [1.54, 1.807) is 0 Å². The Hall–Kier alpha value is -2.12. The third kappa shape index (κ3) is 3.77. The molecule has 0 saturated carbocycles. The van der Waals surface area contributed by atoms with Gasteiger partial charge in [0.25, 0.3) is 0 Å². The van der Waals surface area contributed by atoms with Crippen LogP contribution in [0.1, 0.15) is 18.4 Å². The summed E-state index contributed by atoms with van der Waals surface area (Å²) in [5.41, 5.74) is 1.28. The third-order valence-electron chi connectivity index (χ3n) is 5.01. The van der Waals surface area contributed by atoms with Gasteiger partial charge in [-0.15, -0.1) is 0 Å². The average molecular weight is 343 g/mol. The van der Waals surface area contributed by atoms with Crippen molar-refractivity contribution < 1.29 is 9.13 Å². The zero-order valence-electron chi connectivity index (χ0n) is 14.1. The summed E-state index contributed by atoms with van der Waals surface area (Å²) in [5, 5.41) is 0. The number of ether oxygens (including phenoxy) is 1. The maximum absolute atomic E-state index is 13.1. The predicted octanol–water partition coefficient (Wildman–Crippen LogP) is 1.88. The number of pyridine rings is 1. The van der Waals surface area contributed by atoms with Gasteiger partial charge in [0.2, 0.25) is 5.95 Å². The first-order valence-electron chi connectivity index (χ1n) is 8.76. The second-order valence-corrected chi connectivity index (χ2v) is 6.57. The van der Waals surface area contributed by atoms with E-state index >= 15 is 0 Å². The van der Waals surface area contributed by atoms with Crippen LogP contribution in [0.2, 0.25) is 0 Å². The summed E-state index contributed by atoms with van der Waals surface area (Å²) >= 11 is 0. The maximum Gasteiger partial charge on any atom is 0.225 e. The Bertz CT molecular complexity index is 684. The molecule has 0 N–H and O–H groups in total. The molecule has 0 bridgehead atoms. The molecule has 2 atom stereocenters. The Morgan fingerprint density at radius 2 is 1.84 bits per heavy atom. The van der Waals surface area contributed by atoms with E-state index in [1.807, 2.05) is 12.4 Å². The molecule has 2 aliphatic heterocycles. The average Bonchev–Trinajstić information content (AvgIpc) is 2.87. The smallest absolute Gasteiger partial charge is 0.225 e. The minimum atomic E-state index is -0.404. The van der Waals surface area contributed by atoms with Gasteiger partial charge in [-0.3, -0.25) is 9.88 Å². The SMILES string of the molecule is Fc1cnc(N2CC[C@@H]3[C@@H](CC2)OCCN3Cc2ccncc2)nc1. The molecule has 7 heteroatoms. The number of rotatable bonds is 3. The normalized spacial score (nSPS) is 24.6. The van der Waals surface area contributed by atoms with Gasteiger partial charge < -0.3 is 9.64 Å². The first-order chi connectivity index (χ1) is 12.3. The molecule has 2 aromatic rings. The van der Waals surface area contributed by atoms with Crippen LogP contribution in [0, 0.1) is 5.82 Å². The molecule has 0 aromatic carbocycles. The molecular weight excluding hydrogens is 321 g/mol. The Morgan fingerprint density at radius 3 is 2.64 bits per heavy atom. The fourth-order valence-electron chi connectivity index (χ4n) is 3.75. The van der Waals surface area contributed by atoms with Crippen molar-refractivity contribution in [3.05, 3.63) is 48.3 Å². The van der Waals surface area contributed by atoms with E-state index in [1.165, 1.54) is 18.0 Å². The standard InChI is InChI=1S/C18H22FN5O/c19-15-11-21-18(22-12-15)23-7-3-16-17(4-8-23)25-10-9-24(16)13-14-1-5-20-6-2-14/h1-2,5-6,11-12,16-17H,3-4,7-10,13H2/t16-,17-/m1/s1. The lowest BCUT2D eigenvalue weighted by Gasteiger charge is -2.40. The highest BCUT2D eigenvalue weighted by Crippen LogP contribution is 2.26. The van der Waals surface area contributed by atoms with Gasteiger partial charge in [0.15, 0.2) is 5.82 Å². The van der Waals surface area contributed by atoms with Gasteiger partial charge in [-0.05, 0) is 30.5 Å². The molecule has 4 heterocycles. The number of halogens is 1. The first kappa shape index (κ1) is 16.4. The summed E-state index contributed by atoms with van der Waals surface area (Å²) < 4.78 is 19.1. The molecule has 132 valence electrons. The topological polar surface area (TPSA) is 54.4 Å². The third-order valence-corrected chi connectivity index (χ3v) is 5.01. The van der Waals surface area contributed by atoms with Gasteiger partial charge in [-0.25, -0.2) is 14.4 Å². The van der Waals surface area contributed by atoms with Crippen LogP contribution in [0.25, 0.3) is 0 Å². The molecule has 25 heavy (non-hydrogen) atoms. The quantitative estimate of drug-likeness (QED) is 0.848. The maximum atomic E-state index is 13.1. The Kier molecular flexibility index (Phi) is 4.85. The Labute approximate surface area is 146 Å². The summed E-state index contributed by atoms with van der Waals surface area (Å²) in [5.74, 6) is 0.194. The van der Waals surface area contributed by atoms with Crippen molar-refractivity contribution in [2.24, 2.45) is 0 Å². The van der Waals surface area contributed by atoms with Gasteiger partial charge >= 0.3 is 0 Å². The monoisotopic (exact) mass is 343 g/mol. The highest BCUT2D eigenvalue weighted by atomic mass is 19.1. The fourth-order valence-corrected chi connectivity index (χ4v) is 3.75. The van der Waals surface area contributed by atoms with Crippen molar-refractivity contribution in [2.75, 3.05) is 31.1 Å². The fraction of sp³-hybridized carbons (Fsp3) is 0.500. The second kappa shape index (κ2) is 7.41. The number of morpholine rings is 1. The lowest BCUT2D eigenvalue weighted by atomic mass is 10.0. The second-order valence-electron chi connectivity index (χ2n) is 6.57. The number of anilines is 1. The van der Waals surface area contributed by atoms with Crippen LogP contribution in [0.4, 0.5) is 10.3 Å². The lowest BCUT2D eigenvalue weighted by Crippen LogP contribution is -2.50. The van der Waals surface area contributed by atoms with Crippen molar-refractivity contribution in [2.45, 2.75) is 31.5 Å². The number of aromatic nitrogens is 3. The van der Waals surface area contributed by atoms with Crippen LogP contribution in [0.5, 0.6) is 0 Å². The zero-order chi connectivity index (χ0) is 17.1. The van der Waals surface area contributed by atoms with Crippen LogP contribution >= 0.6 is 0 Å². The van der Waals surface area contributed by atoms with Crippen LogP contribution in [0.15, 0.2) is 36.9 Å². The van der Waals surface area contributed by atoms with E-state index in [4.69, 9.17) is 4.74 Å². The largest absolute Gasteiger partial charge is 0.375 e.